The lowest BCUT2D eigenvalue weighted by molar-refractivity contribution is 0.0921. The van der Waals surface area contributed by atoms with Crippen molar-refractivity contribution >= 4 is 29.0 Å². The van der Waals surface area contributed by atoms with E-state index < -0.39 is 6.10 Å². The van der Waals surface area contributed by atoms with E-state index in [0.717, 1.165) is 21.3 Å². The number of aromatic nitrogens is 1. The molecule has 4 nitrogen and oxygen atoms in total. The summed E-state index contributed by atoms with van der Waals surface area (Å²) in [5.41, 5.74) is 1.66. The van der Waals surface area contributed by atoms with E-state index in [-0.39, 0.29) is 12.5 Å². The van der Waals surface area contributed by atoms with Crippen molar-refractivity contribution in [1.82, 2.24) is 10.3 Å². The number of nitrogens with one attached hydrogen (secondary N) is 1. The molecule has 1 unspecified atom stereocenters. The van der Waals surface area contributed by atoms with Gasteiger partial charge in [-0.1, -0.05) is 12.1 Å². The molecule has 0 spiro atoms. The average molecular weight is 322 g/mol. The third-order valence-corrected chi connectivity index (χ3v) is 4.66. The minimum Gasteiger partial charge on any atom is -0.392 e. The molecule has 2 N–H and O–H groups in total. The maximum atomic E-state index is 12.1. The van der Waals surface area contributed by atoms with Crippen LogP contribution in [0.2, 0.25) is 0 Å². The highest BCUT2D eigenvalue weighted by atomic mass is 32.2. The number of benzene rings is 1. The normalized spacial score (nSPS) is 12.1. The van der Waals surface area contributed by atoms with Gasteiger partial charge < -0.3 is 10.4 Å². The molecule has 6 heteroatoms. The molecule has 0 aliphatic carbocycles. The van der Waals surface area contributed by atoms with Crippen LogP contribution in [0.25, 0.3) is 0 Å². The maximum absolute atomic E-state index is 12.1. The van der Waals surface area contributed by atoms with Gasteiger partial charge in [0.1, 0.15) is 0 Å². The molecule has 2 aromatic rings. The Hall–Kier alpha value is -1.37. The molecule has 112 valence electrons. The topological polar surface area (TPSA) is 62.2 Å². The smallest absolute Gasteiger partial charge is 0.252 e. The van der Waals surface area contributed by atoms with Crippen molar-refractivity contribution in [2.45, 2.75) is 30.6 Å². The summed E-state index contributed by atoms with van der Waals surface area (Å²) >= 11 is 3.23. The molecule has 0 saturated heterocycles. The molecule has 1 heterocycles. The van der Waals surface area contributed by atoms with Gasteiger partial charge in [0.05, 0.1) is 22.4 Å². The van der Waals surface area contributed by atoms with Crippen molar-refractivity contribution in [3.8, 4) is 0 Å². The van der Waals surface area contributed by atoms with Crippen molar-refractivity contribution in [3.63, 3.8) is 0 Å². The Morgan fingerprint density at radius 2 is 2.24 bits per heavy atom. The fraction of sp³-hybridized carbons (Fsp3) is 0.333. The number of aliphatic hydroxyl groups is 1. The highest BCUT2D eigenvalue weighted by Gasteiger charge is 2.12. The van der Waals surface area contributed by atoms with Crippen LogP contribution in [0.1, 0.15) is 28.0 Å². The van der Waals surface area contributed by atoms with Gasteiger partial charge in [-0.25, -0.2) is 4.98 Å². The van der Waals surface area contributed by atoms with Crippen LogP contribution in [0.3, 0.4) is 0 Å². The third-order valence-electron chi connectivity index (χ3n) is 2.73. The zero-order chi connectivity index (χ0) is 15.2. The monoisotopic (exact) mass is 322 g/mol. The van der Waals surface area contributed by atoms with E-state index >= 15 is 0 Å². The highest BCUT2D eigenvalue weighted by Crippen LogP contribution is 2.26. The first-order valence-electron chi connectivity index (χ1n) is 6.65. The number of rotatable bonds is 6. The molecular formula is C15H18N2O2S2. The molecule has 0 bridgehead atoms. The minimum absolute atomic E-state index is 0.159. The van der Waals surface area contributed by atoms with Crippen molar-refractivity contribution in [2.75, 3.05) is 6.54 Å². The number of thioether (sulfide) groups is 1. The predicted octanol–water partition coefficient (Wildman–Crippen LogP) is 2.85. The lowest BCUT2D eigenvalue weighted by Gasteiger charge is -2.10. The van der Waals surface area contributed by atoms with E-state index in [2.05, 4.69) is 10.3 Å². The van der Waals surface area contributed by atoms with Crippen LogP contribution in [0.15, 0.2) is 34.5 Å². The van der Waals surface area contributed by atoms with E-state index in [1.165, 1.54) is 0 Å². The summed E-state index contributed by atoms with van der Waals surface area (Å²) in [6.45, 7) is 3.88. The van der Waals surface area contributed by atoms with E-state index in [4.69, 9.17) is 0 Å². The summed E-state index contributed by atoms with van der Waals surface area (Å²) in [5, 5.41) is 15.1. The van der Waals surface area contributed by atoms with Crippen LogP contribution in [0.4, 0.5) is 0 Å². The number of hydrogen-bond acceptors (Lipinski definition) is 5. The SMILES string of the molecule is Cc1nc(CSc2ccccc2C(=O)NCC(C)O)cs1. The zero-order valence-electron chi connectivity index (χ0n) is 12.0. The lowest BCUT2D eigenvalue weighted by Crippen LogP contribution is -2.30. The molecule has 21 heavy (non-hydrogen) atoms. The van der Waals surface area contributed by atoms with Gasteiger partial charge >= 0.3 is 0 Å². The van der Waals surface area contributed by atoms with Crippen molar-refractivity contribution in [3.05, 3.63) is 45.9 Å². The van der Waals surface area contributed by atoms with E-state index in [1.807, 2.05) is 30.5 Å². The molecule has 2 rings (SSSR count). The molecule has 0 aliphatic heterocycles. The van der Waals surface area contributed by atoms with Crippen LogP contribution in [0.5, 0.6) is 0 Å². The molecule has 0 aliphatic rings. The van der Waals surface area contributed by atoms with Gasteiger partial charge in [-0.05, 0) is 26.0 Å². The standard InChI is InChI=1S/C15H18N2O2S2/c1-10(18)7-16-15(19)13-5-3-4-6-14(13)21-9-12-8-20-11(2)17-12/h3-6,8,10,18H,7,9H2,1-2H3,(H,16,19). The second-order valence-electron chi connectivity index (χ2n) is 4.70. The second kappa shape index (κ2) is 7.59. The van der Waals surface area contributed by atoms with Crippen LogP contribution in [0, 0.1) is 6.92 Å². The highest BCUT2D eigenvalue weighted by molar-refractivity contribution is 7.98. The fourth-order valence-corrected chi connectivity index (χ4v) is 3.40. The Bertz CT molecular complexity index is 611. The molecule has 1 aromatic carbocycles. The van der Waals surface area contributed by atoms with Crippen molar-refractivity contribution in [2.24, 2.45) is 0 Å². The van der Waals surface area contributed by atoms with Gasteiger partial charge in [0.15, 0.2) is 0 Å². The first-order chi connectivity index (χ1) is 10.1. The van der Waals surface area contributed by atoms with Gasteiger partial charge in [0, 0.05) is 22.6 Å². The van der Waals surface area contributed by atoms with Gasteiger partial charge in [-0.2, -0.15) is 0 Å². The van der Waals surface area contributed by atoms with Gasteiger partial charge in [-0.15, -0.1) is 23.1 Å². The Morgan fingerprint density at radius 3 is 2.90 bits per heavy atom. The van der Waals surface area contributed by atoms with Crippen molar-refractivity contribution < 1.29 is 9.90 Å². The first-order valence-corrected chi connectivity index (χ1v) is 8.52. The summed E-state index contributed by atoms with van der Waals surface area (Å²) in [6, 6.07) is 7.49. The lowest BCUT2D eigenvalue weighted by atomic mass is 10.2. The van der Waals surface area contributed by atoms with E-state index in [1.54, 1.807) is 36.1 Å². The van der Waals surface area contributed by atoms with E-state index in [9.17, 15) is 9.90 Å². The number of aliphatic hydroxyl groups excluding tert-OH is 1. The molecular weight excluding hydrogens is 304 g/mol. The van der Waals surface area contributed by atoms with Crippen molar-refractivity contribution in [1.29, 1.82) is 0 Å². The van der Waals surface area contributed by atoms with Crippen LogP contribution < -0.4 is 5.32 Å². The van der Waals surface area contributed by atoms with Crippen LogP contribution in [-0.4, -0.2) is 28.6 Å². The number of thiazole rings is 1. The maximum Gasteiger partial charge on any atom is 0.252 e. The summed E-state index contributed by atoms with van der Waals surface area (Å²) in [5.74, 6) is 0.582. The molecule has 0 radical (unpaired) electrons. The quantitative estimate of drug-likeness (QED) is 0.803. The minimum atomic E-state index is -0.549. The van der Waals surface area contributed by atoms with Gasteiger partial charge in [-0.3, -0.25) is 4.79 Å². The van der Waals surface area contributed by atoms with Gasteiger partial charge in [0.25, 0.3) is 5.91 Å². The average Bonchev–Trinajstić information content (AvgIpc) is 2.88. The molecule has 1 amide bonds. The summed E-state index contributed by atoms with van der Waals surface area (Å²) < 4.78 is 0. The Labute approximate surface area is 132 Å². The first kappa shape index (κ1) is 16.0. The summed E-state index contributed by atoms with van der Waals surface area (Å²) in [6.07, 6.45) is -0.549. The molecule has 0 fully saturated rings. The number of carbonyl (C=O) groups excluding carboxylic acids is 1. The molecule has 1 aromatic heterocycles. The Kier molecular flexibility index (Phi) is 5.78. The number of nitrogens with zero attached hydrogens (tertiary/aromatic N) is 1. The number of hydrogen-bond donors (Lipinski definition) is 2. The Balaban J connectivity index is 2.04. The van der Waals surface area contributed by atoms with Crippen LogP contribution >= 0.6 is 23.1 Å². The molecule has 1 atom stereocenters. The third kappa shape index (κ3) is 4.84. The summed E-state index contributed by atoms with van der Waals surface area (Å²) in [4.78, 5) is 17.5. The Morgan fingerprint density at radius 1 is 1.48 bits per heavy atom. The fourth-order valence-electron chi connectivity index (χ4n) is 1.74. The van der Waals surface area contributed by atoms with Gasteiger partial charge in [0.2, 0.25) is 0 Å². The van der Waals surface area contributed by atoms with E-state index in [0.29, 0.717) is 5.56 Å². The number of aryl methyl sites for hydroxylation is 1. The largest absolute Gasteiger partial charge is 0.392 e. The number of amides is 1. The zero-order valence-corrected chi connectivity index (χ0v) is 13.6. The summed E-state index contributed by atoms with van der Waals surface area (Å²) in [7, 11) is 0. The predicted molar refractivity (Wildman–Crippen MR) is 86.9 cm³/mol. The number of carbonyl (C=O) groups is 1. The molecule has 0 saturated carbocycles. The second-order valence-corrected chi connectivity index (χ2v) is 6.78. The van der Waals surface area contributed by atoms with Crippen LogP contribution in [-0.2, 0) is 5.75 Å².